The fraction of sp³-hybridized carbons (Fsp3) is 0.278. The summed E-state index contributed by atoms with van der Waals surface area (Å²) in [7, 11) is 1.85. The Hall–Kier alpha value is -0.167. The number of carbonyl (C=O) groups excluding carboxylic acids is 1. The van der Waals surface area contributed by atoms with Gasteiger partial charge >= 0.3 is 19.5 Å². The molecule has 1 heterocycles. The number of rotatable bonds is 1. The van der Waals surface area contributed by atoms with Gasteiger partial charge in [0.25, 0.3) is 0 Å². The van der Waals surface area contributed by atoms with Crippen molar-refractivity contribution in [1.29, 1.82) is 0 Å². The predicted octanol–water partition coefficient (Wildman–Crippen LogP) is 2.69. The normalized spacial score (nSPS) is 27.0. The molecule has 3 aliphatic rings. The Balaban J connectivity index is 0.000000313. The van der Waals surface area contributed by atoms with Crippen LogP contribution in [0.4, 0.5) is 0 Å². The van der Waals surface area contributed by atoms with Crippen LogP contribution in [0.25, 0.3) is 0 Å². The van der Waals surface area contributed by atoms with Gasteiger partial charge < -0.3 is 4.90 Å². The van der Waals surface area contributed by atoms with E-state index in [4.69, 9.17) is 0 Å². The van der Waals surface area contributed by atoms with E-state index in [9.17, 15) is 4.79 Å². The fourth-order valence-electron chi connectivity index (χ4n) is 2.91. The molecule has 10 radical (unpaired) electrons. The third-order valence-electron chi connectivity index (χ3n) is 3.76. The summed E-state index contributed by atoms with van der Waals surface area (Å²) < 4.78 is 0. The summed E-state index contributed by atoms with van der Waals surface area (Å²) in [6, 6.07) is 0. The molecular weight excluding hydrogens is 347 g/mol. The number of nitrogens with zero attached hydrogens (tertiary/aromatic N) is 1. The first-order chi connectivity index (χ1) is 9.57. The Morgan fingerprint density at radius 1 is 1.10 bits per heavy atom. The Labute approximate surface area is 143 Å². The standard InChI is InChI=1S/C13H16NO.C5H5.Ru/c1-10(2)11-12(15)14(3)9-13(11)7-5-4-6-8-13;1-2-4-5-3-1;/h4-8,11H,1,9H2,2-3H3;1-5H;/q;;+2. The van der Waals surface area contributed by atoms with Crippen LogP contribution in [0.5, 0.6) is 0 Å². The minimum absolute atomic E-state index is 0. The number of amides is 1. The summed E-state index contributed by atoms with van der Waals surface area (Å²) in [5.74, 6) is 0.0856. The molecule has 1 spiro atoms. The van der Waals surface area contributed by atoms with Crippen molar-refractivity contribution >= 4 is 5.91 Å². The maximum absolute atomic E-state index is 12.0. The topological polar surface area (TPSA) is 20.3 Å². The zero-order valence-corrected chi connectivity index (χ0v) is 14.2. The van der Waals surface area contributed by atoms with Gasteiger partial charge in [0.15, 0.2) is 0 Å². The van der Waals surface area contributed by atoms with Gasteiger partial charge in [-0.15, -0.1) is 0 Å². The molecule has 21 heavy (non-hydrogen) atoms. The minimum atomic E-state index is -0.160. The molecule has 0 aromatic heterocycles. The van der Waals surface area contributed by atoms with Crippen LogP contribution < -0.4 is 0 Å². The maximum atomic E-state index is 12.0. The predicted molar refractivity (Wildman–Crippen MR) is 81.4 cm³/mol. The van der Waals surface area contributed by atoms with E-state index < -0.39 is 0 Å². The molecule has 1 amide bonds. The van der Waals surface area contributed by atoms with Gasteiger partial charge in [-0.05, 0) is 71.1 Å². The van der Waals surface area contributed by atoms with Gasteiger partial charge in [-0.2, -0.15) is 0 Å². The number of likely N-dealkylation sites (tertiary alicyclic amines) is 1. The van der Waals surface area contributed by atoms with Crippen molar-refractivity contribution in [2.75, 3.05) is 13.6 Å². The molecule has 0 bridgehead atoms. The van der Waals surface area contributed by atoms with E-state index in [1.807, 2.05) is 65.3 Å². The minimum Gasteiger partial charge on any atom is -0.345 e. The van der Waals surface area contributed by atoms with E-state index in [1.165, 1.54) is 0 Å². The first kappa shape index (κ1) is 18.9. The number of carbonyl (C=O) groups is 1. The molecular formula is C18H21NORu+2. The smallest absolute Gasteiger partial charge is 0.345 e. The van der Waals surface area contributed by atoms with Gasteiger partial charge in [-0.25, -0.2) is 0 Å². The molecule has 0 aromatic carbocycles. The van der Waals surface area contributed by atoms with Crippen LogP contribution in [0.2, 0.25) is 0 Å². The van der Waals surface area contributed by atoms with Crippen molar-refractivity contribution < 1.29 is 24.3 Å². The van der Waals surface area contributed by atoms with Crippen molar-refractivity contribution in [1.82, 2.24) is 4.90 Å². The fourth-order valence-corrected chi connectivity index (χ4v) is 2.91. The summed E-state index contributed by atoms with van der Waals surface area (Å²) in [5.41, 5.74) is 0.785. The summed E-state index contributed by atoms with van der Waals surface area (Å²) in [4.78, 5) is 13.8. The van der Waals surface area contributed by atoms with Gasteiger partial charge in [0.1, 0.15) is 0 Å². The van der Waals surface area contributed by atoms with Gasteiger partial charge in [-0.1, -0.05) is 12.2 Å². The van der Waals surface area contributed by atoms with Crippen LogP contribution in [-0.2, 0) is 24.3 Å². The molecule has 0 aromatic rings. The van der Waals surface area contributed by atoms with E-state index in [0.717, 1.165) is 12.1 Å². The summed E-state index contributed by atoms with van der Waals surface area (Å²) in [6.07, 6.45) is 20.3. The van der Waals surface area contributed by atoms with Crippen LogP contribution in [0, 0.1) is 75.5 Å². The molecule has 2 saturated carbocycles. The van der Waals surface area contributed by atoms with E-state index in [-0.39, 0.29) is 36.7 Å². The molecule has 2 aliphatic carbocycles. The summed E-state index contributed by atoms with van der Waals surface area (Å²) >= 11 is 0. The first-order valence-electron chi connectivity index (χ1n) is 6.84. The van der Waals surface area contributed by atoms with Crippen molar-refractivity contribution in [3.8, 4) is 0 Å². The molecule has 1 unspecified atom stereocenters. The largest absolute Gasteiger partial charge is 2.00 e. The van der Waals surface area contributed by atoms with Crippen LogP contribution in [-0.4, -0.2) is 24.4 Å². The monoisotopic (exact) mass is 369 g/mol. The summed E-state index contributed by atoms with van der Waals surface area (Å²) in [6.45, 7) is 6.63. The average molecular weight is 368 g/mol. The molecule has 3 rings (SSSR count). The zero-order valence-electron chi connectivity index (χ0n) is 12.5. The first-order valence-corrected chi connectivity index (χ1v) is 6.84. The van der Waals surface area contributed by atoms with Gasteiger partial charge in [0.2, 0.25) is 5.91 Å². The van der Waals surface area contributed by atoms with Crippen LogP contribution in [0.1, 0.15) is 6.92 Å². The van der Waals surface area contributed by atoms with Crippen LogP contribution in [0.3, 0.4) is 0 Å². The molecule has 110 valence electrons. The van der Waals surface area contributed by atoms with Gasteiger partial charge in [0, 0.05) is 19.0 Å². The van der Waals surface area contributed by atoms with Crippen molar-refractivity contribution in [3.63, 3.8) is 0 Å². The SMILES string of the molecule is C=C(C)C1C(=O)N(C)CC12[CH][CH][CH][CH][CH]2.[CH]1[CH][CH][CH][CH]1.[Ru+2]. The van der Waals surface area contributed by atoms with E-state index in [2.05, 4.69) is 19.4 Å². The number of hydrogen-bond donors (Lipinski definition) is 0. The second-order valence-electron chi connectivity index (χ2n) is 5.46. The molecule has 2 nitrogen and oxygen atoms in total. The Bertz CT molecular complexity index is 349. The third kappa shape index (κ3) is 4.41. The van der Waals surface area contributed by atoms with E-state index in [1.54, 1.807) is 4.90 Å². The second kappa shape index (κ2) is 8.46. The van der Waals surface area contributed by atoms with Crippen molar-refractivity contribution in [2.24, 2.45) is 11.3 Å². The molecule has 3 fully saturated rings. The molecule has 1 aliphatic heterocycles. The van der Waals surface area contributed by atoms with Gasteiger partial charge in [-0.3, -0.25) is 4.79 Å². The van der Waals surface area contributed by atoms with Crippen molar-refractivity contribution in [3.05, 3.63) is 76.4 Å². The van der Waals surface area contributed by atoms with Gasteiger partial charge in [0.05, 0.1) is 5.92 Å². The third-order valence-corrected chi connectivity index (χ3v) is 3.76. The number of hydrogen-bond acceptors (Lipinski definition) is 1. The Kier molecular flexibility index (Phi) is 7.61. The second-order valence-corrected chi connectivity index (χ2v) is 5.46. The van der Waals surface area contributed by atoms with Crippen LogP contribution in [0.15, 0.2) is 12.2 Å². The molecule has 1 atom stereocenters. The molecule has 1 saturated heterocycles. The van der Waals surface area contributed by atoms with Crippen molar-refractivity contribution in [2.45, 2.75) is 6.92 Å². The summed E-state index contributed by atoms with van der Waals surface area (Å²) in [5, 5.41) is 0. The molecule has 0 N–H and O–H groups in total. The van der Waals surface area contributed by atoms with Crippen LogP contribution >= 0.6 is 0 Å². The van der Waals surface area contributed by atoms with E-state index >= 15 is 0 Å². The Morgan fingerprint density at radius 2 is 1.52 bits per heavy atom. The molecule has 3 heteroatoms. The maximum Gasteiger partial charge on any atom is 2.00 e. The van der Waals surface area contributed by atoms with E-state index in [0.29, 0.717) is 0 Å². The Morgan fingerprint density at radius 3 is 1.95 bits per heavy atom. The zero-order chi connectivity index (χ0) is 14.6. The average Bonchev–Trinajstić information content (AvgIpc) is 3.03. The quantitative estimate of drug-likeness (QED) is 0.515.